The average Bonchev–Trinajstić information content (AvgIpc) is 2.99. The second-order valence-corrected chi connectivity index (χ2v) is 5.86. The number of carbonyl (C=O) groups is 1. The molecule has 114 valence electrons. The van der Waals surface area contributed by atoms with Gasteiger partial charge in [0.15, 0.2) is 5.82 Å². The molecule has 1 aromatic rings. The maximum Gasteiger partial charge on any atom is 0.308 e. The van der Waals surface area contributed by atoms with Gasteiger partial charge in [-0.1, -0.05) is 6.42 Å². The minimum Gasteiger partial charge on any atom is -0.481 e. The van der Waals surface area contributed by atoms with Crippen LogP contribution in [0.3, 0.4) is 0 Å². The van der Waals surface area contributed by atoms with Crippen molar-refractivity contribution < 1.29 is 14.6 Å². The molecule has 1 saturated carbocycles. The fourth-order valence-electron chi connectivity index (χ4n) is 3.07. The zero-order chi connectivity index (χ0) is 14.7. The van der Waals surface area contributed by atoms with Gasteiger partial charge in [-0.2, -0.15) is 4.98 Å². The summed E-state index contributed by atoms with van der Waals surface area (Å²) in [6.45, 7) is 1.20. The predicted molar refractivity (Wildman–Crippen MR) is 77.5 cm³/mol. The lowest BCUT2D eigenvalue weighted by Gasteiger charge is -2.23. The van der Waals surface area contributed by atoms with Gasteiger partial charge in [0.25, 0.3) is 0 Å². The van der Waals surface area contributed by atoms with Gasteiger partial charge >= 0.3 is 5.97 Å². The first-order valence-corrected chi connectivity index (χ1v) is 7.69. The van der Waals surface area contributed by atoms with Crippen LogP contribution in [-0.4, -0.2) is 40.2 Å². The minimum atomic E-state index is -0.736. The summed E-state index contributed by atoms with van der Waals surface area (Å²) in [5, 5.41) is 9.06. The normalized spacial score (nSPS) is 23.2. The van der Waals surface area contributed by atoms with E-state index in [1.54, 1.807) is 12.4 Å². The number of hydrogen-bond donors (Lipinski definition) is 1. The van der Waals surface area contributed by atoms with Crippen LogP contribution >= 0.6 is 0 Å². The fourth-order valence-corrected chi connectivity index (χ4v) is 3.07. The van der Waals surface area contributed by atoms with Gasteiger partial charge < -0.3 is 14.7 Å². The zero-order valence-corrected chi connectivity index (χ0v) is 12.1. The first-order valence-electron chi connectivity index (χ1n) is 7.69. The number of aliphatic carboxylic acids is 1. The molecule has 0 amide bonds. The molecule has 1 aliphatic heterocycles. The van der Waals surface area contributed by atoms with Crippen LogP contribution in [0, 0.1) is 5.92 Å². The van der Waals surface area contributed by atoms with E-state index in [4.69, 9.17) is 9.84 Å². The van der Waals surface area contributed by atoms with Crippen molar-refractivity contribution >= 4 is 11.8 Å². The Morgan fingerprint density at radius 1 is 1.24 bits per heavy atom. The van der Waals surface area contributed by atoms with Crippen LogP contribution in [0.1, 0.15) is 38.5 Å². The predicted octanol–water partition coefficient (Wildman–Crippen LogP) is 2.10. The standard InChI is InChI=1S/C15H21N3O3/c19-15(20)11-6-7-18(10-11)13-8-16-9-14(17-13)21-12-4-2-1-3-5-12/h8-9,11-12H,1-7,10H2,(H,19,20). The maximum atomic E-state index is 11.0. The Kier molecular flexibility index (Phi) is 4.22. The first-order chi connectivity index (χ1) is 10.2. The Bertz CT molecular complexity index is 503. The SMILES string of the molecule is O=C(O)C1CCN(c2cncc(OC3CCCCC3)n2)C1. The molecule has 1 atom stereocenters. The summed E-state index contributed by atoms with van der Waals surface area (Å²) in [5.74, 6) is 0.222. The van der Waals surface area contributed by atoms with Gasteiger partial charge in [0.1, 0.15) is 6.10 Å². The van der Waals surface area contributed by atoms with E-state index >= 15 is 0 Å². The van der Waals surface area contributed by atoms with E-state index in [0.29, 0.717) is 31.2 Å². The quantitative estimate of drug-likeness (QED) is 0.915. The summed E-state index contributed by atoms with van der Waals surface area (Å²) in [6, 6.07) is 0. The lowest BCUT2D eigenvalue weighted by Crippen LogP contribution is -2.24. The Morgan fingerprint density at radius 2 is 2.05 bits per heavy atom. The molecule has 0 bridgehead atoms. The molecule has 1 N–H and O–H groups in total. The maximum absolute atomic E-state index is 11.0. The minimum absolute atomic E-state index is 0.244. The van der Waals surface area contributed by atoms with E-state index in [1.165, 1.54) is 19.3 Å². The van der Waals surface area contributed by atoms with Gasteiger partial charge in [-0.25, -0.2) is 0 Å². The number of carboxylic acids is 1. The van der Waals surface area contributed by atoms with E-state index in [-0.39, 0.29) is 12.0 Å². The summed E-state index contributed by atoms with van der Waals surface area (Å²) in [4.78, 5) is 21.7. The molecule has 0 radical (unpaired) electrons. The van der Waals surface area contributed by atoms with Crippen LogP contribution in [-0.2, 0) is 4.79 Å². The Morgan fingerprint density at radius 3 is 2.76 bits per heavy atom. The second-order valence-electron chi connectivity index (χ2n) is 5.86. The average molecular weight is 291 g/mol. The smallest absolute Gasteiger partial charge is 0.308 e. The van der Waals surface area contributed by atoms with Crippen LogP contribution in [0.15, 0.2) is 12.4 Å². The Labute approximate surface area is 124 Å². The lowest BCUT2D eigenvalue weighted by atomic mass is 9.98. The van der Waals surface area contributed by atoms with Crippen molar-refractivity contribution in [3.05, 3.63) is 12.4 Å². The molecule has 0 aromatic carbocycles. The second kappa shape index (κ2) is 6.28. The van der Waals surface area contributed by atoms with E-state index in [1.807, 2.05) is 4.90 Å². The third kappa shape index (κ3) is 3.43. The van der Waals surface area contributed by atoms with Gasteiger partial charge in [-0.05, 0) is 32.1 Å². The fraction of sp³-hybridized carbons (Fsp3) is 0.667. The molecule has 6 heteroatoms. The number of aromatic nitrogens is 2. The van der Waals surface area contributed by atoms with Crippen LogP contribution < -0.4 is 9.64 Å². The van der Waals surface area contributed by atoms with E-state index in [9.17, 15) is 4.79 Å². The molecule has 3 rings (SSSR count). The van der Waals surface area contributed by atoms with Crippen LogP contribution in [0.5, 0.6) is 5.88 Å². The van der Waals surface area contributed by atoms with Crippen molar-refractivity contribution in [1.29, 1.82) is 0 Å². The number of rotatable bonds is 4. The van der Waals surface area contributed by atoms with Crippen molar-refractivity contribution in [3.8, 4) is 5.88 Å². The van der Waals surface area contributed by atoms with Crippen molar-refractivity contribution in [2.75, 3.05) is 18.0 Å². The van der Waals surface area contributed by atoms with E-state index in [0.717, 1.165) is 12.8 Å². The van der Waals surface area contributed by atoms with Gasteiger partial charge in [0, 0.05) is 13.1 Å². The van der Waals surface area contributed by atoms with Crippen molar-refractivity contribution in [2.45, 2.75) is 44.6 Å². The van der Waals surface area contributed by atoms with Crippen LogP contribution in [0.4, 0.5) is 5.82 Å². The first kappa shape index (κ1) is 14.1. The lowest BCUT2D eigenvalue weighted by molar-refractivity contribution is -0.140. The molecule has 2 fully saturated rings. The van der Waals surface area contributed by atoms with Crippen molar-refractivity contribution in [3.63, 3.8) is 0 Å². The molecule has 21 heavy (non-hydrogen) atoms. The molecular weight excluding hydrogens is 270 g/mol. The molecule has 2 aliphatic rings. The summed E-state index contributed by atoms with van der Waals surface area (Å²) in [7, 11) is 0. The third-order valence-electron chi connectivity index (χ3n) is 4.30. The number of hydrogen-bond acceptors (Lipinski definition) is 5. The number of nitrogens with zero attached hydrogens (tertiary/aromatic N) is 3. The number of anilines is 1. The zero-order valence-electron chi connectivity index (χ0n) is 12.1. The number of ether oxygens (including phenoxy) is 1. The Balaban J connectivity index is 1.64. The monoisotopic (exact) mass is 291 g/mol. The Hall–Kier alpha value is -1.85. The highest BCUT2D eigenvalue weighted by molar-refractivity contribution is 5.71. The highest BCUT2D eigenvalue weighted by Gasteiger charge is 2.29. The molecule has 1 saturated heterocycles. The van der Waals surface area contributed by atoms with Gasteiger partial charge in [0.05, 0.1) is 18.3 Å². The van der Waals surface area contributed by atoms with Gasteiger partial charge in [0.2, 0.25) is 5.88 Å². The highest BCUT2D eigenvalue weighted by atomic mass is 16.5. The summed E-state index contributed by atoms with van der Waals surface area (Å²) in [5.41, 5.74) is 0. The van der Waals surface area contributed by atoms with Gasteiger partial charge in [-0.3, -0.25) is 9.78 Å². The summed E-state index contributed by atoms with van der Waals surface area (Å²) in [6.07, 6.45) is 10.1. The van der Waals surface area contributed by atoms with Crippen LogP contribution in [0.25, 0.3) is 0 Å². The largest absolute Gasteiger partial charge is 0.481 e. The molecule has 1 unspecified atom stereocenters. The molecule has 0 spiro atoms. The summed E-state index contributed by atoms with van der Waals surface area (Å²) < 4.78 is 5.91. The van der Waals surface area contributed by atoms with Crippen molar-refractivity contribution in [1.82, 2.24) is 9.97 Å². The summed E-state index contributed by atoms with van der Waals surface area (Å²) >= 11 is 0. The number of carboxylic acid groups (broad SMARTS) is 1. The molecule has 6 nitrogen and oxygen atoms in total. The molecular formula is C15H21N3O3. The molecule has 1 aliphatic carbocycles. The molecule has 1 aromatic heterocycles. The third-order valence-corrected chi connectivity index (χ3v) is 4.30. The van der Waals surface area contributed by atoms with E-state index in [2.05, 4.69) is 9.97 Å². The van der Waals surface area contributed by atoms with Gasteiger partial charge in [-0.15, -0.1) is 0 Å². The highest BCUT2D eigenvalue weighted by Crippen LogP contribution is 2.25. The van der Waals surface area contributed by atoms with E-state index < -0.39 is 5.97 Å². The van der Waals surface area contributed by atoms with Crippen molar-refractivity contribution in [2.24, 2.45) is 5.92 Å². The molecule has 2 heterocycles. The van der Waals surface area contributed by atoms with Crippen LogP contribution in [0.2, 0.25) is 0 Å². The topological polar surface area (TPSA) is 75.5 Å².